The maximum Gasteiger partial charge on any atom is 0.274 e. The molecule has 0 unspecified atom stereocenters. The smallest absolute Gasteiger partial charge is 0.274 e. The number of nitrogens with zero attached hydrogens (tertiary/aromatic N) is 6. The van der Waals surface area contributed by atoms with E-state index in [0.29, 0.717) is 43.4 Å². The first-order chi connectivity index (χ1) is 17.1. The minimum atomic E-state index is -0.292. The van der Waals surface area contributed by atoms with Gasteiger partial charge in [-0.1, -0.05) is 0 Å². The number of halogens is 1. The molecule has 180 valence electrons. The predicted octanol–water partition coefficient (Wildman–Crippen LogP) is 2.92. The highest BCUT2D eigenvalue weighted by Gasteiger charge is 2.30. The van der Waals surface area contributed by atoms with E-state index in [2.05, 4.69) is 9.88 Å². The maximum atomic E-state index is 13.5. The molecule has 0 bridgehead atoms. The van der Waals surface area contributed by atoms with E-state index in [1.54, 1.807) is 28.8 Å². The summed E-state index contributed by atoms with van der Waals surface area (Å²) in [5, 5.41) is 6.59. The maximum absolute atomic E-state index is 13.5. The van der Waals surface area contributed by atoms with Crippen molar-refractivity contribution in [3.05, 3.63) is 80.7 Å². The predicted molar refractivity (Wildman–Crippen MR) is 131 cm³/mol. The van der Waals surface area contributed by atoms with Crippen LogP contribution in [-0.2, 0) is 19.4 Å². The Kier molecular flexibility index (Phi) is 5.69. The molecular weight excluding hydrogens is 467 g/mol. The Bertz CT molecular complexity index is 1450. The lowest BCUT2D eigenvalue weighted by Crippen LogP contribution is -2.48. The molecule has 0 atom stereocenters. The Labute approximate surface area is 205 Å². The van der Waals surface area contributed by atoms with Gasteiger partial charge in [-0.15, -0.1) is 11.3 Å². The van der Waals surface area contributed by atoms with Crippen molar-refractivity contribution in [2.24, 2.45) is 0 Å². The van der Waals surface area contributed by atoms with Crippen LogP contribution < -0.4 is 5.56 Å². The highest BCUT2D eigenvalue weighted by atomic mass is 32.1. The molecule has 1 aliphatic heterocycles. The molecule has 1 aliphatic carbocycles. The zero-order valence-corrected chi connectivity index (χ0v) is 20.0. The van der Waals surface area contributed by atoms with Crippen LogP contribution >= 0.6 is 11.3 Å². The van der Waals surface area contributed by atoms with Gasteiger partial charge in [0.1, 0.15) is 5.82 Å². The summed E-state index contributed by atoms with van der Waals surface area (Å²) in [5.41, 5.74) is 4.08. The monoisotopic (exact) mass is 492 g/mol. The average molecular weight is 493 g/mol. The number of hydrogen-bond acceptors (Lipinski definition) is 6. The number of carbonyl (C=O) groups is 1. The van der Waals surface area contributed by atoms with E-state index >= 15 is 0 Å². The molecule has 3 aromatic heterocycles. The van der Waals surface area contributed by atoms with Crippen molar-refractivity contribution in [2.45, 2.75) is 32.2 Å². The van der Waals surface area contributed by atoms with Crippen LogP contribution in [0.25, 0.3) is 10.6 Å². The van der Waals surface area contributed by atoms with E-state index in [0.717, 1.165) is 48.3 Å². The zero-order chi connectivity index (χ0) is 23.9. The molecule has 4 heterocycles. The van der Waals surface area contributed by atoms with Gasteiger partial charge in [-0.3, -0.25) is 18.9 Å². The van der Waals surface area contributed by atoms with Crippen molar-refractivity contribution in [2.75, 3.05) is 26.2 Å². The van der Waals surface area contributed by atoms with E-state index in [1.807, 2.05) is 15.0 Å². The summed E-state index contributed by atoms with van der Waals surface area (Å²) in [6.45, 7) is 3.19. The molecule has 10 heteroatoms. The summed E-state index contributed by atoms with van der Waals surface area (Å²) >= 11 is 1.44. The highest BCUT2D eigenvalue weighted by Crippen LogP contribution is 2.28. The Morgan fingerprint density at radius 1 is 1.06 bits per heavy atom. The lowest BCUT2D eigenvalue weighted by molar-refractivity contribution is 0.0619. The van der Waals surface area contributed by atoms with Gasteiger partial charge >= 0.3 is 0 Å². The van der Waals surface area contributed by atoms with Gasteiger partial charge in [0.2, 0.25) is 0 Å². The molecule has 0 radical (unpaired) electrons. The lowest BCUT2D eigenvalue weighted by atomic mass is 9.95. The van der Waals surface area contributed by atoms with E-state index in [9.17, 15) is 14.0 Å². The largest absolute Gasteiger partial charge is 0.335 e. The molecule has 0 spiro atoms. The van der Waals surface area contributed by atoms with Gasteiger partial charge in [-0.05, 0) is 49.9 Å². The number of benzene rings is 1. The van der Waals surface area contributed by atoms with Gasteiger partial charge in [0.15, 0.2) is 10.7 Å². The molecular formula is C25H25FN6O2S. The molecule has 0 N–H and O–H groups in total. The fraction of sp³-hybridized carbons (Fsp3) is 0.360. The SMILES string of the molecule is O=C(c1nn(-c2ccc(F)cc2)c2c1CCCC2)N1CCN(Cc2cc(=O)n3ccsc3n2)CC1. The van der Waals surface area contributed by atoms with Crippen LogP contribution in [0.15, 0.2) is 46.7 Å². The highest BCUT2D eigenvalue weighted by molar-refractivity contribution is 7.15. The van der Waals surface area contributed by atoms with Crippen LogP contribution in [0.3, 0.4) is 0 Å². The van der Waals surface area contributed by atoms with Crippen LogP contribution in [0.4, 0.5) is 4.39 Å². The molecule has 1 saturated heterocycles. The zero-order valence-electron chi connectivity index (χ0n) is 19.2. The molecule has 35 heavy (non-hydrogen) atoms. The second-order valence-corrected chi connectivity index (χ2v) is 9.95. The summed E-state index contributed by atoms with van der Waals surface area (Å²) in [5.74, 6) is -0.334. The second kappa shape index (κ2) is 9.01. The lowest BCUT2D eigenvalue weighted by Gasteiger charge is -2.34. The van der Waals surface area contributed by atoms with Crippen LogP contribution in [0.2, 0.25) is 0 Å². The van der Waals surface area contributed by atoms with E-state index < -0.39 is 0 Å². The first kappa shape index (κ1) is 22.1. The third-order valence-corrected chi connectivity index (χ3v) is 7.61. The van der Waals surface area contributed by atoms with E-state index in [-0.39, 0.29) is 17.3 Å². The molecule has 1 aromatic carbocycles. The number of fused-ring (bicyclic) bond motifs is 2. The van der Waals surface area contributed by atoms with Gasteiger partial charge in [0.25, 0.3) is 11.5 Å². The molecule has 1 amide bonds. The van der Waals surface area contributed by atoms with Crippen LogP contribution in [-0.4, -0.2) is 61.1 Å². The first-order valence-corrected chi connectivity index (χ1v) is 12.8. The van der Waals surface area contributed by atoms with Crippen molar-refractivity contribution < 1.29 is 9.18 Å². The number of amides is 1. The summed E-state index contributed by atoms with van der Waals surface area (Å²) in [6, 6.07) is 7.85. The number of rotatable bonds is 4. The summed E-state index contributed by atoms with van der Waals surface area (Å²) in [4.78, 5) is 35.2. The van der Waals surface area contributed by atoms with Gasteiger partial charge in [-0.2, -0.15) is 5.10 Å². The minimum Gasteiger partial charge on any atom is -0.335 e. The van der Waals surface area contributed by atoms with Crippen LogP contribution in [0, 0.1) is 5.82 Å². The van der Waals surface area contributed by atoms with Crippen LogP contribution in [0.5, 0.6) is 0 Å². The fourth-order valence-corrected chi connectivity index (χ4v) is 5.76. The average Bonchev–Trinajstić information content (AvgIpc) is 3.50. The van der Waals surface area contributed by atoms with E-state index in [4.69, 9.17) is 5.10 Å². The first-order valence-electron chi connectivity index (χ1n) is 11.9. The number of piperazine rings is 1. The minimum absolute atomic E-state index is 0.0416. The number of aromatic nitrogens is 4. The molecule has 8 nitrogen and oxygen atoms in total. The van der Waals surface area contributed by atoms with Crippen molar-refractivity contribution in [1.29, 1.82) is 0 Å². The Morgan fingerprint density at radius 2 is 1.83 bits per heavy atom. The summed E-state index contributed by atoms with van der Waals surface area (Å²) in [6.07, 6.45) is 5.53. The standard InChI is InChI=1S/C25H25FN6O2S/c26-17-5-7-19(8-6-17)32-21-4-2-1-3-20(21)23(28-32)24(34)30-11-9-29(10-12-30)16-18-15-22(33)31-13-14-35-25(31)27-18/h5-8,13-15H,1-4,9-12,16H2. The van der Waals surface area contributed by atoms with Crippen molar-refractivity contribution >= 4 is 22.2 Å². The van der Waals surface area contributed by atoms with Gasteiger partial charge in [0, 0.05) is 61.6 Å². The molecule has 2 aliphatic rings. The molecule has 6 rings (SSSR count). The fourth-order valence-electron chi connectivity index (χ4n) is 5.02. The number of hydrogen-bond donors (Lipinski definition) is 0. The second-order valence-electron chi connectivity index (χ2n) is 9.08. The third-order valence-electron chi connectivity index (χ3n) is 6.86. The number of thiazole rings is 1. The van der Waals surface area contributed by atoms with Gasteiger partial charge in [-0.25, -0.2) is 14.1 Å². The van der Waals surface area contributed by atoms with Gasteiger partial charge < -0.3 is 4.90 Å². The quantitative estimate of drug-likeness (QED) is 0.438. The molecule has 1 fully saturated rings. The topological polar surface area (TPSA) is 75.7 Å². The molecule has 0 saturated carbocycles. The molecule has 4 aromatic rings. The van der Waals surface area contributed by atoms with Crippen molar-refractivity contribution in [1.82, 2.24) is 29.0 Å². The normalized spacial score (nSPS) is 16.5. The Balaban J connectivity index is 1.18. The Morgan fingerprint density at radius 3 is 2.63 bits per heavy atom. The van der Waals surface area contributed by atoms with Crippen molar-refractivity contribution in [3.8, 4) is 5.69 Å². The third kappa shape index (κ3) is 4.17. The Hall–Kier alpha value is -3.37. The van der Waals surface area contributed by atoms with Gasteiger partial charge in [0.05, 0.1) is 11.4 Å². The summed E-state index contributed by atoms with van der Waals surface area (Å²) < 4.78 is 16.8. The van der Waals surface area contributed by atoms with E-state index in [1.165, 1.54) is 23.5 Å². The van der Waals surface area contributed by atoms with Crippen LogP contribution in [0.1, 0.15) is 40.3 Å². The van der Waals surface area contributed by atoms with Crippen molar-refractivity contribution in [3.63, 3.8) is 0 Å². The number of carbonyl (C=O) groups excluding carboxylic acids is 1. The summed E-state index contributed by atoms with van der Waals surface area (Å²) in [7, 11) is 0.